The fourth-order valence-corrected chi connectivity index (χ4v) is 2.39. The van der Waals surface area contributed by atoms with Crippen molar-refractivity contribution in [2.75, 3.05) is 11.6 Å². The van der Waals surface area contributed by atoms with Gasteiger partial charge in [0.25, 0.3) is 0 Å². The number of benzene rings is 1. The largest absolute Gasteiger partial charge is 0.465 e. The van der Waals surface area contributed by atoms with Crippen LogP contribution < -0.4 is 5.32 Å². The average molecular weight is 250 g/mol. The van der Waals surface area contributed by atoms with E-state index in [1.165, 1.54) is 5.56 Å². The maximum atomic E-state index is 10.6. The number of anilines is 1. The molecule has 4 nitrogen and oxygen atoms in total. The van der Waals surface area contributed by atoms with Gasteiger partial charge in [0, 0.05) is 5.69 Å². The third-order valence-corrected chi connectivity index (χ3v) is 3.42. The molecule has 1 aliphatic rings. The van der Waals surface area contributed by atoms with Gasteiger partial charge in [-0.15, -0.1) is 11.8 Å². The van der Waals surface area contributed by atoms with Crippen LogP contribution in [0, 0.1) is 0 Å². The summed E-state index contributed by atoms with van der Waals surface area (Å²) in [6.45, 7) is 0. The summed E-state index contributed by atoms with van der Waals surface area (Å²) in [5.41, 5.74) is 2.64. The van der Waals surface area contributed by atoms with Gasteiger partial charge in [-0.25, -0.2) is 9.79 Å². The van der Waals surface area contributed by atoms with Crippen molar-refractivity contribution in [1.82, 2.24) is 0 Å². The van der Waals surface area contributed by atoms with Crippen molar-refractivity contribution in [3.8, 4) is 0 Å². The second-order valence-electron chi connectivity index (χ2n) is 3.84. The molecule has 1 aliphatic heterocycles. The van der Waals surface area contributed by atoms with Gasteiger partial charge in [-0.2, -0.15) is 0 Å². The highest BCUT2D eigenvalue weighted by Gasteiger charge is 2.10. The molecule has 0 unspecified atom stereocenters. The van der Waals surface area contributed by atoms with E-state index in [2.05, 4.69) is 10.3 Å². The van der Waals surface area contributed by atoms with Crippen LogP contribution >= 0.6 is 11.8 Å². The molecule has 0 saturated heterocycles. The Balaban J connectivity index is 2.34. The fraction of sp³-hybridized carbons (Fsp3) is 0.333. The number of thioether (sulfide) groups is 1. The molecule has 17 heavy (non-hydrogen) atoms. The van der Waals surface area contributed by atoms with Crippen molar-refractivity contribution in [2.45, 2.75) is 19.3 Å². The molecular weight excluding hydrogens is 236 g/mol. The molecule has 0 aliphatic carbocycles. The summed E-state index contributed by atoms with van der Waals surface area (Å²) in [6, 6.07) is 5.53. The van der Waals surface area contributed by atoms with E-state index in [1.807, 2.05) is 12.3 Å². The molecule has 1 heterocycles. The van der Waals surface area contributed by atoms with Crippen molar-refractivity contribution in [1.29, 1.82) is 0 Å². The Hall–Kier alpha value is -1.49. The standard InChI is InChI=1S/C12H14N2O2S/c1-17-11-4-2-3-8-5-6-9(13-12(15)16)7-10(8)14-11/h5-7,13H,2-4H2,1H3,(H,15,16). The molecule has 1 amide bonds. The molecule has 0 atom stereocenters. The Labute approximate surface area is 104 Å². The third-order valence-electron chi connectivity index (χ3n) is 2.65. The van der Waals surface area contributed by atoms with E-state index in [0.717, 1.165) is 30.0 Å². The lowest BCUT2D eigenvalue weighted by Gasteiger charge is -2.06. The summed E-state index contributed by atoms with van der Waals surface area (Å²) >= 11 is 1.66. The number of aryl methyl sites for hydroxylation is 1. The van der Waals surface area contributed by atoms with E-state index in [4.69, 9.17) is 5.11 Å². The van der Waals surface area contributed by atoms with Gasteiger partial charge in [0.15, 0.2) is 0 Å². The molecular formula is C12H14N2O2S. The van der Waals surface area contributed by atoms with Crippen LogP contribution in [0.3, 0.4) is 0 Å². The minimum absolute atomic E-state index is 0.572. The van der Waals surface area contributed by atoms with Gasteiger partial charge in [-0.3, -0.25) is 5.32 Å². The molecule has 90 valence electrons. The van der Waals surface area contributed by atoms with E-state index in [1.54, 1.807) is 23.9 Å². The minimum Gasteiger partial charge on any atom is -0.465 e. The first kappa shape index (κ1) is 12.0. The van der Waals surface area contributed by atoms with Crippen LogP contribution in [0.5, 0.6) is 0 Å². The Morgan fingerprint density at radius 3 is 3.00 bits per heavy atom. The molecule has 0 saturated carbocycles. The first-order valence-corrected chi connectivity index (χ1v) is 6.66. The zero-order valence-corrected chi connectivity index (χ0v) is 10.4. The minimum atomic E-state index is -1.05. The van der Waals surface area contributed by atoms with Crippen LogP contribution in [0.15, 0.2) is 23.2 Å². The van der Waals surface area contributed by atoms with Crippen molar-refractivity contribution in [3.63, 3.8) is 0 Å². The van der Waals surface area contributed by atoms with E-state index in [9.17, 15) is 4.79 Å². The van der Waals surface area contributed by atoms with Crippen molar-refractivity contribution in [3.05, 3.63) is 23.8 Å². The van der Waals surface area contributed by atoms with Crippen LogP contribution in [-0.4, -0.2) is 22.5 Å². The lowest BCUT2D eigenvalue weighted by Crippen LogP contribution is -2.06. The predicted molar refractivity (Wildman–Crippen MR) is 71.6 cm³/mol. The van der Waals surface area contributed by atoms with E-state index in [-0.39, 0.29) is 0 Å². The second kappa shape index (κ2) is 5.23. The Morgan fingerprint density at radius 1 is 1.47 bits per heavy atom. The molecule has 1 aromatic rings. The van der Waals surface area contributed by atoms with Crippen LogP contribution in [0.4, 0.5) is 16.2 Å². The summed E-state index contributed by atoms with van der Waals surface area (Å²) in [5.74, 6) is 0. The molecule has 0 bridgehead atoms. The van der Waals surface area contributed by atoms with Gasteiger partial charge in [0.1, 0.15) is 0 Å². The highest BCUT2D eigenvalue weighted by molar-refractivity contribution is 8.13. The number of hydrogen-bond donors (Lipinski definition) is 2. The number of nitrogens with zero attached hydrogens (tertiary/aromatic N) is 1. The summed E-state index contributed by atoms with van der Waals surface area (Å²) in [6.07, 6.45) is 4.06. The highest BCUT2D eigenvalue weighted by Crippen LogP contribution is 2.30. The SMILES string of the molecule is CSC1=Nc2cc(NC(=O)O)ccc2CCC1. The monoisotopic (exact) mass is 250 g/mol. The zero-order valence-electron chi connectivity index (χ0n) is 9.56. The van der Waals surface area contributed by atoms with Gasteiger partial charge >= 0.3 is 6.09 Å². The molecule has 5 heteroatoms. The average Bonchev–Trinajstić information content (AvgIpc) is 2.49. The number of carbonyl (C=O) groups is 1. The predicted octanol–water partition coefficient (Wildman–Crippen LogP) is 3.51. The molecule has 0 aromatic heterocycles. The van der Waals surface area contributed by atoms with Gasteiger partial charge in [0.2, 0.25) is 0 Å². The molecule has 1 aromatic carbocycles. The summed E-state index contributed by atoms with van der Waals surface area (Å²) in [4.78, 5) is 15.1. The Bertz CT molecular complexity index is 472. The summed E-state index contributed by atoms with van der Waals surface area (Å²) in [7, 11) is 0. The van der Waals surface area contributed by atoms with Crippen molar-refractivity contribution >= 4 is 34.3 Å². The van der Waals surface area contributed by atoms with E-state index >= 15 is 0 Å². The zero-order chi connectivity index (χ0) is 12.3. The van der Waals surface area contributed by atoms with E-state index < -0.39 is 6.09 Å². The van der Waals surface area contributed by atoms with Gasteiger partial charge < -0.3 is 5.11 Å². The van der Waals surface area contributed by atoms with Gasteiger partial charge in [0.05, 0.1) is 10.7 Å². The molecule has 0 radical (unpaired) electrons. The number of nitrogens with one attached hydrogen (secondary N) is 1. The first-order valence-electron chi connectivity index (χ1n) is 5.43. The molecule has 2 rings (SSSR count). The number of carboxylic acid groups (broad SMARTS) is 1. The van der Waals surface area contributed by atoms with Crippen LogP contribution in [-0.2, 0) is 6.42 Å². The first-order chi connectivity index (χ1) is 8.19. The van der Waals surface area contributed by atoms with Gasteiger partial charge in [-0.1, -0.05) is 6.07 Å². The lowest BCUT2D eigenvalue weighted by molar-refractivity contribution is 0.210. The van der Waals surface area contributed by atoms with Crippen molar-refractivity contribution in [2.24, 2.45) is 4.99 Å². The number of aliphatic imine (C=N–C) groups is 1. The smallest absolute Gasteiger partial charge is 0.409 e. The van der Waals surface area contributed by atoms with Crippen LogP contribution in [0.25, 0.3) is 0 Å². The van der Waals surface area contributed by atoms with Crippen LogP contribution in [0.1, 0.15) is 18.4 Å². The topological polar surface area (TPSA) is 61.7 Å². The Morgan fingerprint density at radius 2 is 2.29 bits per heavy atom. The number of fused-ring (bicyclic) bond motifs is 1. The van der Waals surface area contributed by atoms with E-state index in [0.29, 0.717) is 5.69 Å². The van der Waals surface area contributed by atoms with Crippen molar-refractivity contribution < 1.29 is 9.90 Å². The molecule has 2 N–H and O–H groups in total. The van der Waals surface area contributed by atoms with Crippen LogP contribution in [0.2, 0.25) is 0 Å². The maximum Gasteiger partial charge on any atom is 0.409 e. The highest BCUT2D eigenvalue weighted by atomic mass is 32.2. The fourth-order valence-electron chi connectivity index (χ4n) is 1.85. The number of hydrogen-bond acceptors (Lipinski definition) is 3. The summed E-state index contributed by atoms with van der Waals surface area (Å²) < 4.78 is 0. The third kappa shape index (κ3) is 3.00. The molecule has 0 spiro atoms. The van der Waals surface area contributed by atoms with Gasteiger partial charge in [-0.05, 0) is 43.2 Å². The normalized spacial score (nSPS) is 14.5. The quantitative estimate of drug-likeness (QED) is 0.801. The Kier molecular flexibility index (Phi) is 3.68. The summed E-state index contributed by atoms with van der Waals surface area (Å²) in [5, 5.41) is 12.1. The number of amides is 1. The molecule has 0 fully saturated rings. The second-order valence-corrected chi connectivity index (χ2v) is 4.72. The maximum absolute atomic E-state index is 10.6. The lowest BCUT2D eigenvalue weighted by atomic mass is 10.1. The number of rotatable bonds is 1.